The molecule has 0 spiro atoms. The minimum absolute atomic E-state index is 0.202. The highest BCUT2D eigenvalue weighted by molar-refractivity contribution is 5.92. The fourth-order valence-electron chi connectivity index (χ4n) is 1.76. The molecule has 0 aliphatic carbocycles. The van der Waals surface area contributed by atoms with Gasteiger partial charge in [-0.2, -0.15) is 0 Å². The lowest BCUT2D eigenvalue weighted by Gasteiger charge is -2.20. The van der Waals surface area contributed by atoms with Crippen LogP contribution >= 0.6 is 0 Å². The maximum atomic E-state index is 11.4. The van der Waals surface area contributed by atoms with Crippen LogP contribution in [0.4, 0.5) is 0 Å². The van der Waals surface area contributed by atoms with Gasteiger partial charge in [-0.1, -0.05) is 5.92 Å². The molecule has 1 amide bonds. The predicted molar refractivity (Wildman–Crippen MR) is 74.9 cm³/mol. The van der Waals surface area contributed by atoms with Crippen molar-refractivity contribution >= 4 is 12.0 Å². The summed E-state index contributed by atoms with van der Waals surface area (Å²) < 4.78 is 16.3. The molecule has 0 saturated carbocycles. The molecule has 5 nitrogen and oxygen atoms in total. The Morgan fingerprint density at radius 3 is 3.05 bits per heavy atom. The SMILES string of the molecule is C#CCNC(=O)C=Cc1cc(OC)c2c(c1)OCCO2. The van der Waals surface area contributed by atoms with Gasteiger partial charge in [0.15, 0.2) is 11.5 Å². The molecule has 2 rings (SSSR count). The minimum Gasteiger partial charge on any atom is -0.493 e. The molecule has 1 heterocycles. The van der Waals surface area contributed by atoms with Crippen molar-refractivity contribution in [2.75, 3.05) is 26.9 Å². The number of terminal acetylenes is 1. The van der Waals surface area contributed by atoms with Gasteiger partial charge in [0.2, 0.25) is 11.7 Å². The third kappa shape index (κ3) is 3.23. The van der Waals surface area contributed by atoms with Crippen LogP contribution in [-0.4, -0.2) is 32.8 Å². The molecule has 1 aliphatic heterocycles. The van der Waals surface area contributed by atoms with Gasteiger partial charge in [0, 0.05) is 6.08 Å². The van der Waals surface area contributed by atoms with Crippen LogP contribution in [0.25, 0.3) is 6.08 Å². The third-order valence-corrected chi connectivity index (χ3v) is 2.64. The predicted octanol–water partition coefficient (Wildman–Crippen LogP) is 1.23. The van der Waals surface area contributed by atoms with E-state index in [9.17, 15) is 4.79 Å². The van der Waals surface area contributed by atoms with E-state index < -0.39 is 0 Å². The van der Waals surface area contributed by atoms with Crippen LogP contribution in [0.15, 0.2) is 18.2 Å². The van der Waals surface area contributed by atoms with Gasteiger partial charge < -0.3 is 19.5 Å². The number of methoxy groups -OCH3 is 1. The van der Waals surface area contributed by atoms with Gasteiger partial charge in [-0.15, -0.1) is 6.42 Å². The quantitative estimate of drug-likeness (QED) is 0.662. The molecular weight excluding hydrogens is 258 g/mol. The minimum atomic E-state index is -0.253. The van der Waals surface area contributed by atoms with E-state index in [4.69, 9.17) is 20.6 Å². The molecule has 20 heavy (non-hydrogen) atoms. The van der Waals surface area contributed by atoms with Gasteiger partial charge in [-0.3, -0.25) is 4.79 Å². The second-order valence-electron chi connectivity index (χ2n) is 4.00. The largest absolute Gasteiger partial charge is 0.493 e. The summed E-state index contributed by atoms with van der Waals surface area (Å²) in [5, 5.41) is 2.54. The maximum absolute atomic E-state index is 11.4. The number of ether oxygens (including phenoxy) is 3. The second kappa shape index (κ2) is 6.53. The molecule has 1 aromatic carbocycles. The molecule has 1 aromatic rings. The Morgan fingerprint density at radius 2 is 2.30 bits per heavy atom. The van der Waals surface area contributed by atoms with Crippen LogP contribution in [0.2, 0.25) is 0 Å². The molecule has 1 aliphatic rings. The number of carbonyl (C=O) groups excluding carboxylic acids is 1. The molecule has 0 bridgehead atoms. The number of hydrogen-bond acceptors (Lipinski definition) is 4. The molecule has 0 aromatic heterocycles. The second-order valence-corrected chi connectivity index (χ2v) is 4.00. The Bertz CT molecular complexity index is 555. The first-order valence-corrected chi connectivity index (χ1v) is 6.11. The molecule has 1 N–H and O–H groups in total. The van der Waals surface area contributed by atoms with E-state index in [0.717, 1.165) is 5.56 Å². The molecule has 0 fully saturated rings. The lowest BCUT2D eigenvalue weighted by Crippen LogP contribution is -2.20. The fourth-order valence-corrected chi connectivity index (χ4v) is 1.76. The van der Waals surface area contributed by atoms with Crippen molar-refractivity contribution in [1.29, 1.82) is 0 Å². The van der Waals surface area contributed by atoms with Crippen LogP contribution < -0.4 is 19.5 Å². The van der Waals surface area contributed by atoms with Gasteiger partial charge >= 0.3 is 0 Å². The number of benzene rings is 1. The van der Waals surface area contributed by atoms with Crippen LogP contribution in [0.1, 0.15) is 5.56 Å². The van der Waals surface area contributed by atoms with E-state index in [2.05, 4.69) is 11.2 Å². The van der Waals surface area contributed by atoms with Crippen LogP contribution in [0.3, 0.4) is 0 Å². The van der Waals surface area contributed by atoms with E-state index in [-0.39, 0.29) is 12.5 Å². The molecule has 0 atom stereocenters. The van der Waals surface area contributed by atoms with E-state index >= 15 is 0 Å². The van der Waals surface area contributed by atoms with Crippen LogP contribution in [0.5, 0.6) is 17.2 Å². The number of fused-ring (bicyclic) bond motifs is 1. The molecule has 0 radical (unpaired) electrons. The first-order chi connectivity index (χ1) is 9.74. The van der Waals surface area contributed by atoms with Crippen molar-refractivity contribution < 1.29 is 19.0 Å². The van der Waals surface area contributed by atoms with Crippen molar-refractivity contribution in [3.63, 3.8) is 0 Å². The summed E-state index contributed by atoms with van der Waals surface area (Å²) in [5.74, 6) is 3.86. The summed E-state index contributed by atoms with van der Waals surface area (Å²) in [6.45, 7) is 1.19. The Hall–Kier alpha value is -2.61. The highest BCUT2D eigenvalue weighted by Gasteiger charge is 2.17. The van der Waals surface area contributed by atoms with Gasteiger partial charge in [0.05, 0.1) is 13.7 Å². The first kappa shape index (κ1) is 13.8. The summed E-state index contributed by atoms with van der Waals surface area (Å²) in [6.07, 6.45) is 8.13. The summed E-state index contributed by atoms with van der Waals surface area (Å²) in [4.78, 5) is 11.4. The summed E-state index contributed by atoms with van der Waals surface area (Å²) in [5.41, 5.74) is 0.780. The van der Waals surface area contributed by atoms with Crippen LogP contribution in [-0.2, 0) is 4.79 Å². The Morgan fingerprint density at radius 1 is 1.50 bits per heavy atom. The van der Waals surface area contributed by atoms with Crippen molar-refractivity contribution in [3.8, 4) is 29.6 Å². The number of amides is 1. The standard InChI is InChI=1S/C15H15NO4/c1-3-6-16-14(17)5-4-11-9-12(18-2)15-13(10-11)19-7-8-20-15/h1,4-5,9-10H,6-8H2,2H3,(H,16,17). The Kier molecular flexibility index (Phi) is 4.51. The summed E-state index contributed by atoms with van der Waals surface area (Å²) >= 11 is 0. The molecule has 0 unspecified atom stereocenters. The van der Waals surface area contributed by atoms with E-state index in [0.29, 0.717) is 30.5 Å². The van der Waals surface area contributed by atoms with Crippen molar-refractivity contribution in [2.24, 2.45) is 0 Å². The third-order valence-electron chi connectivity index (χ3n) is 2.64. The normalized spacial score (nSPS) is 12.8. The van der Waals surface area contributed by atoms with Crippen molar-refractivity contribution in [3.05, 3.63) is 23.8 Å². The number of carbonyl (C=O) groups is 1. The lowest BCUT2D eigenvalue weighted by atomic mass is 10.1. The van der Waals surface area contributed by atoms with Gasteiger partial charge in [-0.25, -0.2) is 0 Å². The highest BCUT2D eigenvalue weighted by atomic mass is 16.6. The van der Waals surface area contributed by atoms with Crippen LogP contribution in [0, 0.1) is 12.3 Å². The topological polar surface area (TPSA) is 56.8 Å². The molecule has 5 heteroatoms. The molecule has 104 valence electrons. The highest BCUT2D eigenvalue weighted by Crippen LogP contribution is 2.40. The van der Waals surface area contributed by atoms with Crippen molar-refractivity contribution in [1.82, 2.24) is 5.32 Å². The van der Waals surface area contributed by atoms with Gasteiger partial charge in [-0.05, 0) is 23.8 Å². The summed E-state index contributed by atoms with van der Waals surface area (Å²) in [7, 11) is 1.56. The van der Waals surface area contributed by atoms with Gasteiger partial charge in [0.1, 0.15) is 13.2 Å². The monoisotopic (exact) mass is 273 g/mol. The molecule has 0 saturated heterocycles. The first-order valence-electron chi connectivity index (χ1n) is 6.11. The van der Waals surface area contributed by atoms with E-state index in [1.807, 2.05) is 0 Å². The lowest BCUT2D eigenvalue weighted by molar-refractivity contribution is -0.116. The maximum Gasteiger partial charge on any atom is 0.244 e. The zero-order valence-electron chi connectivity index (χ0n) is 11.1. The number of nitrogens with one attached hydrogen (secondary N) is 1. The zero-order valence-corrected chi connectivity index (χ0v) is 11.1. The van der Waals surface area contributed by atoms with Crippen molar-refractivity contribution in [2.45, 2.75) is 0 Å². The Balaban J connectivity index is 2.18. The average Bonchev–Trinajstić information content (AvgIpc) is 2.49. The molecular formula is C15H15NO4. The zero-order chi connectivity index (χ0) is 14.4. The number of hydrogen-bond donors (Lipinski definition) is 1. The van der Waals surface area contributed by atoms with Gasteiger partial charge in [0.25, 0.3) is 0 Å². The summed E-state index contributed by atoms with van der Waals surface area (Å²) in [6, 6.07) is 3.57. The smallest absolute Gasteiger partial charge is 0.244 e. The van der Waals surface area contributed by atoms with E-state index in [1.165, 1.54) is 6.08 Å². The number of rotatable bonds is 4. The average molecular weight is 273 g/mol. The fraction of sp³-hybridized carbons (Fsp3) is 0.267. The van der Waals surface area contributed by atoms with E-state index in [1.54, 1.807) is 25.3 Å². The Labute approximate surface area is 117 Å².